The number of fused-ring (bicyclic) bond motifs is 1. The van der Waals surface area contributed by atoms with Gasteiger partial charge in [-0.05, 0) is 12.1 Å². The minimum absolute atomic E-state index is 0.122. The number of hydrogen-bond acceptors (Lipinski definition) is 4. The van der Waals surface area contributed by atoms with E-state index in [1.165, 1.54) is 0 Å². The van der Waals surface area contributed by atoms with E-state index in [0.717, 1.165) is 18.6 Å². The van der Waals surface area contributed by atoms with E-state index in [0.29, 0.717) is 18.7 Å². The molecule has 1 fully saturated rings. The maximum atomic E-state index is 12.1. The molecule has 2 heterocycles. The van der Waals surface area contributed by atoms with Crippen LogP contribution in [0, 0.1) is 0 Å². The Morgan fingerprint density at radius 1 is 1.29 bits per heavy atom. The first-order valence-corrected chi connectivity index (χ1v) is 5.70. The van der Waals surface area contributed by atoms with Crippen molar-refractivity contribution in [3.63, 3.8) is 0 Å². The fourth-order valence-electron chi connectivity index (χ4n) is 1.97. The average molecular weight is 231 g/mol. The van der Waals surface area contributed by atoms with Gasteiger partial charge in [0.25, 0.3) is 5.89 Å². The summed E-state index contributed by atoms with van der Waals surface area (Å²) < 4.78 is 5.46. The Morgan fingerprint density at radius 2 is 2.06 bits per heavy atom. The van der Waals surface area contributed by atoms with Crippen LogP contribution in [0.5, 0.6) is 0 Å². The lowest BCUT2D eigenvalue weighted by Crippen LogP contribution is -2.46. The van der Waals surface area contributed by atoms with Crippen molar-refractivity contribution < 1.29 is 9.21 Å². The van der Waals surface area contributed by atoms with Crippen LogP contribution in [0.2, 0.25) is 0 Å². The molecule has 2 aromatic rings. The highest BCUT2D eigenvalue weighted by molar-refractivity contribution is 5.92. The quantitative estimate of drug-likeness (QED) is 0.791. The summed E-state index contributed by atoms with van der Waals surface area (Å²) in [7, 11) is 0. The normalized spacial score (nSPS) is 16.4. The second-order valence-corrected chi connectivity index (χ2v) is 4.03. The molecule has 5 heteroatoms. The lowest BCUT2D eigenvalue weighted by atomic mass is 10.3. The molecule has 0 spiro atoms. The van der Waals surface area contributed by atoms with Crippen molar-refractivity contribution >= 4 is 17.0 Å². The van der Waals surface area contributed by atoms with E-state index in [1.54, 1.807) is 4.90 Å². The molecule has 1 aliphatic heterocycles. The van der Waals surface area contributed by atoms with Crippen molar-refractivity contribution in [3.8, 4) is 0 Å². The molecule has 88 valence electrons. The van der Waals surface area contributed by atoms with Gasteiger partial charge < -0.3 is 14.6 Å². The highest BCUT2D eigenvalue weighted by Crippen LogP contribution is 2.16. The topological polar surface area (TPSA) is 58.4 Å². The summed E-state index contributed by atoms with van der Waals surface area (Å²) in [6, 6.07) is 7.40. The van der Waals surface area contributed by atoms with E-state index in [2.05, 4.69) is 10.3 Å². The highest BCUT2D eigenvalue weighted by Gasteiger charge is 2.22. The van der Waals surface area contributed by atoms with Crippen molar-refractivity contribution in [2.75, 3.05) is 26.2 Å². The first-order valence-electron chi connectivity index (χ1n) is 5.70. The van der Waals surface area contributed by atoms with Gasteiger partial charge in [-0.25, -0.2) is 4.98 Å². The Bertz CT molecular complexity index is 510. The number of nitrogens with one attached hydrogen (secondary N) is 1. The van der Waals surface area contributed by atoms with Crippen molar-refractivity contribution in [2.24, 2.45) is 0 Å². The van der Waals surface area contributed by atoms with E-state index in [9.17, 15) is 4.79 Å². The molecule has 0 unspecified atom stereocenters. The predicted molar refractivity (Wildman–Crippen MR) is 62.8 cm³/mol. The zero-order chi connectivity index (χ0) is 11.7. The third-order valence-corrected chi connectivity index (χ3v) is 2.88. The second-order valence-electron chi connectivity index (χ2n) is 4.03. The molecule has 0 atom stereocenters. The molecule has 5 nitrogen and oxygen atoms in total. The molecule has 1 aromatic heterocycles. The average Bonchev–Trinajstić information content (AvgIpc) is 2.82. The lowest BCUT2D eigenvalue weighted by Gasteiger charge is -2.25. The van der Waals surface area contributed by atoms with Gasteiger partial charge in [0.15, 0.2) is 5.58 Å². The van der Waals surface area contributed by atoms with Gasteiger partial charge in [-0.3, -0.25) is 4.79 Å². The summed E-state index contributed by atoms with van der Waals surface area (Å²) in [6.07, 6.45) is 0. The summed E-state index contributed by atoms with van der Waals surface area (Å²) >= 11 is 0. The molecule has 0 saturated carbocycles. The van der Waals surface area contributed by atoms with Crippen LogP contribution in [-0.4, -0.2) is 42.0 Å². The fourth-order valence-corrected chi connectivity index (χ4v) is 1.97. The van der Waals surface area contributed by atoms with Gasteiger partial charge in [-0.15, -0.1) is 0 Å². The van der Waals surface area contributed by atoms with Crippen LogP contribution < -0.4 is 5.32 Å². The highest BCUT2D eigenvalue weighted by atomic mass is 16.4. The molecule has 1 saturated heterocycles. The van der Waals surface area contributed by atoms with Crippen LogP contribution in [0.3, 0.4) is 0 Å². The molecular formula is C12H13N3O2. The number of carbonyl (C=O) groups excluding carboxylic acids is 1. The minimum atomic E-state index is -0.122. The SMILES string of the molecule is O=C(c1nc2ccccc2o1)N1CCNCC1. The molecule has 1 N–H and O–H groups in total. The molecule has 1 aliphatic rings. The van der Waals surface area contributed by atoms with E-state index in [4.69, 9.17) is 4.42 Å². The van der Waals surface area contributed by atoms with E-state index < -0.39 is 0 Å². The number of carbonyl (C=O) groups is 1. The first-order chi connectivity index (χ1) is 8.34. The van der Waals surface area contributed by atoms with Crippen molar-refractivity contribution in [1.29, 1.82) is 0 Å². The number of nitrogens with zero attached hydrogens (tertiary/aromatic N) is 2. The summed E-state index contributed by atoms with van der Waals surface area (Å²) in [4.78, 5) is 18.1. The van der Waals surface area contributed by atoms with Gasteiger partial charge in [0, 0.05) is 26.2 Å². The van der Waals surface area contributed by atoms with Crippen molar-refractivity contribution in [2.45, 2.75) is 0 Å². The molecular weight excluding hydrogens is 218 g/mol. The molecule has 17 heavy (non-hydrogen) atoms. The van der Waals surface area contributed by atoms with Crippen LogP contribution in [0.1, 0.15) is 10.7 Å². The summed E-state index contributed by atoms with van der Waals surface area (Å²) in [5.41, 5.74) is 1.39. The number of oxazole rings is 1. The summed E-state index contributed by atoms with van der Waals surface area (Å²) in [5.74, 6) is 0.0656. The number of amides is 1. The Hall–Kier alpha value is -1.88. The maximum Gasteiger partial charge on any atom is 0.309 e. The number of para-hydroxylation sites is 2. The van der Waals surface area contributed by atoms with Crippen LogP contribution in [0.25, 0.3) is 11.1 Å². The van der Waals surface area contributed by atoms with E-state index in [-0.39, 0.29) is 11.8 Å². The Balaban J connectivity index is 1.89. The molecule has 0 aliphatic carbocycles. The first kappa shape index (κ1) is 10.3. The van der Waals surface area contributed by atoms with E-state index in [1.807, 2.05) is 24.3 Å². The van der Waals surface area contributed by atoms with Crippen LogP contribution >= 0.6 is 0 Å². The third-order valence-electron chi connectivity index (χ3n) is 2.88. The number of aromatic nitrogens is 1. The van der Waals surface area contributed by atoms with Gasteiger partial charge in [0.05, 0.1) is 0 Å². The third kappa shape index (κ3) is 1.89. The summed E-state index contributed by atoms with van der Waals surface area (Å²) in [6.45, 7) is 3.06. The van der Waals surface area contributed by atoms with Crippen LogP contribution in [-0.2, 0) is 0 Å². The van der Waals surface area contributed by atoms with Crippen molar-refractivity contribution in [3.05, 3.63) is 30.2 Å². The summed E-state index contributed by atoms with van der Waals surface area (Å²) in [5, 5.41) is 3.20. The lowest BCUT2D eigenvalue weighted by molar-refractivity contribution is 0.0698. The molecule has 3 rings (SSSR count). The molecule has 0 bridgehead atoms. The molecule has 0 radical (unpaired) electrons. The Labute approximate surface area is 98.4 Å². The molecule has 1 amide bonds. The largest absolute Gasteiger partial charge is 0.432 e. The van der Waals surface area contributed by atoms with Crippen LogP contribution in [0.4, 0.5) is 0 Å². The zero-order valence-corrected chi connectivity index (χ0v) is 9.35. The van der Waals surface area contributed by atoms with Gasteiger partial charge >= 0.3 is 5.91 Å². The van der Waals surface area contributed by atoms with Crippen LogP contribution in [0.15, 0.2) is 28.7 Å². The number of rotatable bonds is 1. The standard InChI is InChI=1S/C12H13N3O2/c16-12(15-7-5-13-6-8-15)11-14-9-3-1-2-4-10(9)17-11/h1-4,13H,5-8H2. The monoisotopic (exact) mass is 231 g/mol. The Morgan fingerprint density at radius 3 is 2.82 bits per heavy atom. The second kappa shape index (κ2) is 4.18. The number of benzene rings is 1. The van der Waals surface area contributed by atoms with Gasteiger partial charge in [-0.2, -0.15) is 0 Å². The Kier molecular flexibility index (Phi) is 2.53. The fraction of sp³-hybridized carbons (Fsp3) is 0.333. The van der Waals surface area contributed by atoms with E-state index >= 15 is 0 Å². The molecule has 1 aromatic carbocycles. The predicted octanol–water partition coefficient (Wildman–Crippen LogP) is 0.873. The van der Waals surface area contributed by atoms with Gasteiger partial charge in [-0.1, -0.05) is 12.1 Å². The number of piperazine rings is 1. The van der Waals surface area contributed by atoms with Gasteiger partial charge in [0.2, 0.25) is 0 Å². The number of hydrogen-bond donors (Lipinski definition) is 1. The smallest absolute Gasteiger partial charge is 0.309 e. The van der Waals surface area contributed by atoms with Gasteiger partial charge in [0.1, 0.15) is 5.52 Å². The minimum Gasteiger partial charge on any atom is -0.432 e. The van der Waals surface area contributed by atoms with Crippen molar-refractivity contribution in [1.82, 2.24) is 15.2 Å². The zero-order valence-electron chi connectivity index (χ0n) is 9.35. The maximum absolute atomic E-state index is 12.1.